The van der Waals surface area contributed by atoms with Gasteiger partial charge in [-0.3, -0.25) is 14.5 Å². The second-order valence-electron chi connectivity index (χ2n) is 8.37. The average molecular weight is 405 g/mol. The number of hydrogen-bond acceptors (Lipinski definition) is 5. The van der Waals surface area contributed by atoms with Gasteiger partial charge in [-0.2, -0.15) is 0 Å². The maximum atomic E-state index is 12.2. The van der Waals surface area contributed by atoms with Gasteiger partial charge in [-0.1, -0.05) is 18.2 Å². The van der Waals surface area contributed by atoms with Crippen molar-refractivity contribution in [2.24, 2.45) is 0 Å². The van der Waals surface area contributed by atoms with E-state index < -0.39 is 11.7 Å². The van der Waals surface area contributed by atoms with Crippen LogP contribution in [0.1, 0.15) is 33.6 Å². The highest BCUT2D eigenvalue weighted by Crippen LogP contribution is 2.12. The lowest BCUT2D eigenvalue weighted by molar-refractivity contribution is -0.123. The van der Waals surface area contributed by atoms with E-state index in [0.29, 0.717) is 6.54 Å². The molecule has 1 fully saturated rings. The van der Waals surface area contributed by atoms with Gasteiger partial charge in [0.1, 0.15) is 12.1 Å². The molecule has 1 heterocycles. The Morgan fingerprint density at radius 3 is 2.31 bits per heavy atom. The summed E-state index contributed by atoms with van der Waals surface area (Å²) in [6, 6.07) is 9.42. The molecule has 0 unspecified atom stereocenters. The van der Waals surface area contributed by atoms with E-state index >= 15 is 0 Å². The van der Waals surface area contributed by atoms with E-state index in [1.54, 1.807) is 27.8 Å². The highest BCUT2D eigenvalue weighted by atomic mass is 16.6. The zero-order valence-electron chi connectivity index (χ0n) is 17.7. The summed E-state index contributed by atoms with van der Waals surface area (Å²) < 4.78 is 5.25. The summed E-state index contributed by atoms with van der Waals surface area (Å²) in [5.74, 6) is -0.253. The number of benzene rings is 1. The Hall–Kier alpha value is -2.61. The predicted molar refractivity (Wildman–Crippen MR) is 112 cm³/mol. The molecule has 8 heteroatoms. The van der Waals surface area contributed by atoms with Crippen LogP contribution in [-0.2, 0) is 14.3 Å². The average Bonchev–Trinajstić information content (AvgIpc) is 2.62. The van der Waals surface area contributed by atoms with Crippen molar-refractivity contribution < 1.29 is 19.1 Å². The topological polar surface area (TPSA) is 91.0 Å². The number of anilines is 1. The number of nitrogens with one attached hydrogen (secondary N) is 2. The van der Waals surface area contributed by atoms with Crippen molar-refractivity contribution in [1.82, 2.24) is 15.1 Å². The summed E-state index contributed by atoms with van der Waals surface area (Å²) in [4.78, 5) is 39.7. The molecule has 8 nitrogen and oxygen atoms in total. The molecule has 1 aliphatic heterocycles. The number of likely N-dealkylation sites (tertiary alicyclic amines) is 1. The fraction of sp³-hybridized carbons (Fsp3) is 0.571. The molecule has 0 radical (unpaired) electrons. The fourth-order valence-electron chi connectivity index (χ4n) is 3.05. The number of carbonyl (C=O) groups excluding carboxylic acids is 3. The Morgan fingerprint density at radius 2 is 1.72 bits per heavy atom. The van der Waals surface area contributed by atoms with Crippen LogP contribution >= 0.6 is 0 Å². The van der Waals surface area contributed by atoms with E-state index in [2.05, 4.69) is 15.5 Å². The second-order valence-corrected chi connectivity index (χ2v) is 8.37. The minimum Gasteiger partial charge on any atom is -0.444 e. The third-order valence-corrected chi connectivity index (χ3v) is 4.46. The number of carbonyl (C=O) groups is 3. The largest absolute Gasteiger partial charge is 0.444 e. The number of likely N-dealkylation sites (N-methyl/N-ethyl adjacent to an activating group) is 1. The molecule has 2 N–H and O–H groups in total. The summed E-state index contributed by atoms with van der Waals surface area (Å²) >= 11 is 0. The van der Waals surface area contributed by atoms with E-state index in [-0.39, 0.29) is 24.4 Å². The molecule has 0 aromatic heterocycles. The summed E-state index contributed by atoms with van der Waals surface area (Å²) in [5.41, 5.74) is 0.190. The van der Waals surface area contributed by atoms with Gasteiger partial charge in [0, 0.05) is 31.9 Å². The molecule has 0 saturated carbocycles. The van der Waals surface area contributed by atoms with E-state index in [4.69, 9.17) is 4.74 Å². The standard InChI is InChI=1S/C21H32N4O4/c1-21(2,3)29-20(28)24(4)14-18(26)23-17-10-12-25(13-11-17)15-19(27)22-16-8-6-5-7-9-16/h5-9,17H,10-15H2,1-4H3,(H,22,27)(H,23,26). The Morgan fingerprint density at radius 1 is 1.10 bits per heavy atom. The highest BCUT2D eigenvalue weighted by Gasteiger charge is 2.24. The Labute approximate surface area is 172 Å². The molecule has 1 saturated heterocycles. The summed E-state index contributed by atoms with van der Waals surface area (Å²) in [5, 5.41) is 5.85. The molecule has 0 aliphatic carbocycles. The Balaban J connectivity index is 1.67. The van der Waals surface area contributed by atoms with Crippen molar-refractivity contribution in [3.05, 3.63) is 30.3 Å². The van der Waals surface area contributed by atoms with Gasteiger partial charge in [0.2, 0.25) is 11.8 Å². The molecule has 2 rings (SSSR count). The van der Waals surface area contributed by atoms with Gasteiger partial charge in [0.25, 0.3) is 0 Å². The second kappa shape index (κ2) is 10.2. The lowest BCUT2D eigenvalue weighted by Gasteiger charge is -2.32. The van der Waals surface area contributed by atoms with Gasteiger partial charge >= 0.3 is 6.09 Å². The van der Waals surface area contributed by atoms with E-state index in [9.17, 15) is 14.4 Å². The minimum atomic E-state index is -0.596. The van der Waals surface area contributed by atoms with Gasteiger partial charge < -0.3 is 20.3 Å². The van der Waals surface area contributed by atoms with Crippen LogP contribution in [0.2, 0.25) is 0 Å². The van der Waals surface area contributed by atoms with Crippen LogP contribution in [0.15, 0.2) is 30.3 Å². The number of rotatable bonds is 6. The molecule has 0 atom stereocenters. The van der Waals surface area contributed by atoms with Crippen LogP contribution in [0.5, 0.6) is 0 Å². The van der Waals surface area contributed by atoms with Gasteiger partial charge in [-0.05, 0) is 45.7 Å². The first-order valence-corrected chi connectivity index (χ1v) is 9.93. The Bertz CT molecular complexity index is 694. The van der Waals surface area contributed by atoms with Crippen molar-refractivity contribution in [2.75, 3.05) is 38.5 Å². The van der Waals surface area contributed by atoms with Gasteiger partial charge in [0.05, 0.1) is 6.54 Å². The number of hydrogen-bond donors (Lipinski definition) is 2. The monoisotopic (exact) mass is 404 g/mol. The zero-order valence-corrected chi connectivity index (χ0v) is 17.7. The molecule has 29 heavy (non-hydrogen) atoms. The smallest absolute Gasteiger partial charge is 0.410 e. The summed E-state index contributed by atoms with van der Waals surface area (Å²) in [6.45, 7) is 7.10. The SMILES string of the molecule is CN(CC(=O)NC1CCN(CC(=O)Nc2ccccc2)CC1)C(=O)OC(C)(C)C. The number of para-hydroxylation sites is 1. The Kier molecular flexibility index (Phi) is 8.01. The number of ether oxygens (including phenoxy) is 1. The molecule has 3 amide bonds. The van der Waals surface area contributed by atoms with Crippen molar-refractivity contribution >= 4 is 23.6 Å². The van der Waals surface area contributed by atoms with Crippen LogP contribution in [0.4, 0.5) is 10.5 Å². The van der Waals surface area contributed by atoms with Gasteiger partial charge in [-0.25, -0.2) is 4.79 Å². The molecular formula is C21H32N4O4. The normalized spacial score (nSPS) is 15.4. The lowest BCUT2D eigenvalue weighted by atomic mass is 10.0. The number of amides is 3. The van der Waals surface area contributed by atoms with Crippen LogP contribution in [-0.4, -0.2) is 72.6 Å². The number of piperidine rings is 1. The van der Waals surface area contributed by atoms with Crippen LogP contribution in [0.3, 0.4) is 0 Å². The molecule has 1 aromatic rings. The van der Waals surface area contributed by atoms with E-state index in [0.717, 1.165) is 31.6 Å². The van der Waals surface area contributed by atoms with Gasteiger partial charge in [-0.15, -0.1) is 0 Å². The van der Waals surface area contributed by atoms with E-state index in [1.165, 1.54) is 4.90 Å². The molecule has 160 valence electrons. The first kappa shape index (κ1) is 22.7. The molecule has 1 aromatic carbocycles. The molecule has 0 bridgehead atoms. The fourth-order valence-corrected chi connectivity index (χ4v) is 3.05. The predicted octanol–water partition coefficient (Wildman–Crippen LogP) is 2.07. The van der Waals surface area contributed by atoms with Crippen molar-refractivity contribution in [1.29, 1.82) is 0 Å². The van der Waals surface area contributed by atoms with Crippen molar-refractivity contribution in [3.8, 4) is 0 Å². The first-order chi connectivity index (χ1) is 13.6. The maximum Gasteiger partial charge on any atom is 0.410 e. The maximum absolute atomic E-state index is 12.2. The van der Waals surface area contributed by atoms with Crippen LogP contribution < -0.4 is 10.6 Å². The van der Waals surface area contributed by atoms with Crippen molar-refractivity contribution in [2.45, 2.75) is 45.3 Å². The number of nitrogens with zero attached hydrogens (tertiary/aromatic N) is 2. The molecule has 1 aliphatic rings. The third-order valence-electron chi connectivity index (χ3n) is 4.46. The van der Waals surface area contributed by atoms with Crippen LogP contribution in [0.25, 0.3) is 0 Å². The third kappa shape index (κ3) is 8.51. The molecule has 0 spiro atoms. The summed E-state index contributed by atoms with van der Waals surface area (Å²) in [7, 11) is 1.54. The van der Waals surface area contributed by atoms with Gasteiger partial charge in [0.15, 0.2) is 0 Å². The molecular weight excluding hydrogens is 372 g/mol. The first-order valence-electron chi connectivity index (χ1n) is 9.93. The summed E-state index contributed by atoms with van der Waals surface area (Å²) in [6.07, 6.45) is 1.01. The minimum absolute atomic E-state index is 0.0438. The van der Waals surface area contributed by atoms with Crippen LogP contribution in [0, 0.1) is 0 Å². The zero-order chi connectivity index (χ0) is 21.4. The lowest BCUT2D eigenvalue weighted by Crippen LogP contribution is -2.49. The van der Waals surface area contributed by atoms with Crippen molar-refractivity contribution in [3.63, 3.8) is 0 Å². The van der Waals surface area contributed by atoms with E-state index in [1.807, 2.05) is 30.3 Å². The highest BCUT2D eigenvalue weighted by molar-refractivity contribution is 5.92. The quantitative estimate of drug-likeness (QED) is 0.757.